The summed E-state index contributed by atoms with van der Waals surface area (Å²) in [6.45, 7) is 0. The van der Waals surface area contributed by atoms with Crippen molar-refractivity contribution in [2.45, 2.75) is 0 Å². The SMILES string of the molecule is Nc1cnc(Nc2cc(F)c(F)c(F)c2)cc1C(=O)O. The maximum absolute atomic E-state index is 13.0. The molecule has 2 aromatic rings. The van der Waals surface area contributed by atoms with E-state index in [0.29, 0.717) is 0 Å². The van der Waals surface area contributed by atoms with E-state index in [0.717, 1.165) is 24.4 Å². The minimum absolute atomic E-state index is 0.00186. The number of rotatable bonds is 3. The Bertz CT molecular complexity index is 669. The first kappa shape index (κ1) is 13.7. The summed E-state index contributed by atoms with van der Waals surface area (Å²) in [7, 11) is 0. The van der Waals surface area contributed by atoms with Crippen molar-refractivity contribution in [1.29, 1.82) is 0 Å². The summed E-state index contributed by atoms with van der Waals surface area (Å²) in [6, 6.07) is 2.53. The van der Waals surface area contributed by atoms with Crippen molar-refractivity contribution < 1.29 is 23.1 Å². The number of pyridine rings is 1. The molecule has 104 valence electrons. The van der Waals surface area contributed by atoms with E-state index in [1.807, 2.05) is 0 Å². The molecular weight excluding hydrogens is 275 g/mol. The largest absolute Gasteiger partial charge is 0.478 e. The lowest BCUT2D eigenvalue weighted by atomic mass is 10.2. The summed E-state index contributed by atoms with van der Waals surface area (Å²) >= 11 is 0. The summed E-state index contributed by atoms with van der Waals surface area (Å²) < 4.78 is 38.8. The lowest BCUT2D eigenvalue weighted by molar-refractivity contribution is 0.0698. The van der Waals surface area contributed by atoms with Crippen LogP contribution in [0.3, 0.4) is 0 Å². The summed E-state index contributed by atoms with van der Waals surface area (Å²) in [5, 5.41) is 11.3. The van der Waals surface area contributed by atoms with Gasteiger partial charge in [0.2, 0.25) is 0 Å². The fraction of sp³-hybridized carbons (Fsp3) is 0. The van der Waals surface area contributed by atoms with Gasteiger partial charge in [-0.3, -0.25) is 0 Å². The van der Waals surface area contributed by atoms with Gasteiger partial charge in [0, 0.05) is 17.8 Å². The second kappa shape index (κ2) is 5.08. The molecule has 0 aliphatic heterocycles. The zero-order valence-electron chi connectivity index (χ0n) is 9.82. The van der Waals surface area contributed by atoms with Crippen LogP contribution in [0, 0.1) is 17.5 Å². The average molecular weight is 283 g/mol. The molecule has 1 aromatic heterocycles. The first-order valence-electron chi connectivity index (χ1n) is 5.29. The topological polar surface area (TPSA) is 88.2 Å². The van der Waals surface area contributed by atoms with Crippen LogP contribution < -0.4 is 11.1 Å². The highest BCUT2D eigenvalue weighted by Crippen LogP contribution is 2.22. The van der Waals surface area contributed by atoms with Gasteiger partial charge in [0.25, 0.3) is 0 Å². The number of hydrogen-bond donors (Lipinski definition) is 3. The van der Waals surface area contributed by atoms with Crippen LogP contribution in [0.1, 0.15) is 10.4 Å². The number of halogens is 3. The van der Waals surface area contributed by atoms with E-state index in [4.69, 9.17) is 10.8 Å². The van der Waals surface area contributed by atoms with E-state index >= 15 is 0 Å². The van der Waals surface area contributed by atoms with E-state index in [1.165, 1.54) is 0 Å². The van der Waals surface area contributed by atoms with E-state index in [-0.39, 0.29) is 22.8 Å². The Morgan fingerprint density at radius 2 is 1.80 bits per heavy atom. The van der Waals surface area contributed by atoms with E-state index in [9.17, 15) is 18.0 Å². The third kappa shape index (κ3) is 2.63. The third-order valence-corrected chi connectivity index (χ3v) is 2.42. The monoisotopic (exact) mass is 283 g/mol. The molecule has 0 amide bonds. The molecule has 0 bridgehead atoms. The highest BCUT2D eigenvalue weighted by molar-refractivity contribution is 5.94. The van der Waals surface area contributed by atoms with Crippen molar-refractivity contribution in [1.82, 2.24) is 4.98 Å². The molecule has 0 spiro atoms. The molecule has 8 heteroatoms. The lowest BCUT2D eigenvalue weighted by Crippen LogP contribution is -2.05. The van der Waals surface area contributed by atoms with Crippen molar-refractivity contribution in [3.8, 4) is 0 Å². The number of benzene rings is 1. The van der Waals surface area contributed by atoms with Gasteiger partial charge >= 0.3 is 5.97 Å². The van der Waals surface area contributed by atoms with Gasteiger partial charge < -0.3 is 16.2 Å². The third-order valence-electron chi connectivity index (χ3n) is 2.42. The van der Waals surface area contributed by atoms with Crippen LogP contribution >= 0.6 is 0 Å². The predicted octanol–water partition coefficient (Wildman–Crippen LogP) is 2.52. The number of hydrogen-bond acceptors (Lipinski definition) is 4. The Balaban J connectivity index is 2.35. The number of carboxylic acid groups (broad SMARTS) is 1. The molecule has 5 nitrogen and oxygen atoms in total. The molecular formula is C12H8F3N3O2. The van der Waals surface area contributed by atoms with Crippen LogP contribution in [-0.4, -0.2) is 16.1 Å². The van der Waals surface area contributed by atoms with Gasteiger partial charge in [-0.1, -0.05) is 0 Å². The first-order valence-corrected chi connectivity index (χ1v) is 5.29. The Kier molecular flexibility index (Phi) is 3.47. The smallest absolute Gasteiger partial charge is 0.337 e. The van der Waals surface area contributed by atoms with Crippen LogP contribution in [0.2, 0.25) is 0 Å². The zero-order chi connectivity index (χ0) is 14.9. The molecule has 4 N–H and O–H groups in total. The summed E-state index contributed by atoms with van der Waals surface area (Å²) in [6.07, 6.45) is 1.09. The van der Waals surface area contributed by atoms with Crippen LogP contribution in [0.4, 0.5) is 30.4 Å². The predicted molar refractivity (Wildman–Crippen MR) is 65.2 cm³/mol. The summed E-state index contributed by atoms with van der Waals surface area (Å²) in [5.74, 6) is -5.61. The molecule has 20 heavy (non-hydrogen) atoms. The van der Waals surface area contributed by atoms with E-state index in [2.05, 4.69) is 10.3 Å². The number of nitrogens with zero attached hydrogens (tertiary/aromatic N) is 1. The molecule has 0 radical (unpaired) electrons. The molecule has 0 atom stereocenters. The number of nitrogens with two attached hydrogens (primary N) is 1. The van der Waals surface area contributed by atoms with Gasteiger partial charge in [0.1, 0.15) is 5.82 Å². The Labute approximate surface area is 110 Å². The van der Waals surface area contributed by atoms with Crippen LogP contribution in [0.15, 0.2) is 24.4 Å². The fourth-order valence-corrected chi connectivity index (χ4v) is 1.50. The highest BCUT2D eigenvalue weighted by atomic mass is 19.2. The number of carbonyl (C=O) groups is 1. The van der Waals surface area contributed by atoms with Crippen molar-refractivity contribution in [3.63, 3.8) is 0 Å². The maximum atomic E-state index is 13.0. The normalized spacial score (nSPS) is 10.3. The number of aromatic carboxylic acids is 1. The van der Waals surface area contributed by atoms with Crippen molar-refractivity contribution in [2.24, 2.45) is 0 Å². The van der Waals surface area contributed by atoms with Crippen LogP contribution in [-0.2, 0) is 0 Å². The quantitative estimate of drug-likeness (QED) is 0.753. The number of anilines is 3. The molecule has 2 rings (SSSR count). The number of carboxylic acids is 1. The number of aromatic nitrogens is 1. The van der Waals surface area contributed by atoms with Crippen LogP contribution in [0.5, 0.6) is 0 Å². The molecule has 0 aliphatic rings. The Hall–Kier alpha value is -2.77. The maximum Gasteiger partial charge on any atom is 0.337 e. The van der Waals surface area contributed by atoms with Gasteiger partial charge in [-0.25, -0.2) is 22.9 Å². The van der Waals surface area contributed by atoms with E-state index in [1.54, 1.807) is 0 Å². The summed E-state index contributed by atoms with van der Waals surface area (Å²) in [4.78, 5) is 14.6. The molecule has 0 unspecified atom stereocenters. The number of nitrogens with one attached hydrogen (secondary N) is 1. The second-order valence-corrected chi connectivity index (χ2v) is 3.84. The van der Waals surface area contributed by atoms with Crippen molar-refractivity contribution in [2.75, 3.05) is 11.1 Å². The average Bonchev–Trinajstić information content (AvgIpc) is 2.38. The van der Waals surface area contributed by atoms with E-state index < -0.39 is 23.4 Å². The lowest BCUT2D eigenvalue weighted by Gasteiger charge is -2.08. The molecule has 1 heterocycles. The Morgan fingerprint density at radius 1 is 1.20 bits per heavy atom. The highest BCUT2D eigenvalue weighted by Gasteiger charge is 2.13. The van der Waals surface area contributed by atoms with Gasteiger partial charge in [-0.05, 0) is 6.07 Å². The first-order chi connectivity index (χ1) is 9.38. The van der Waals surface area contributed by atoms with Gasteiger partial charge in [0.05, 0.1) is 17.4 Å². The molecule has 0 aliphatic carbocycles. The van der Waals surface area contributed by atoms with Crippen molar-refractivity contribution in [3.05, 3.63) is 47.4 Å². The number of nitrogen functional groups attached to an aromatic ring is 1. The van der Waals surface area contributed by atoms with Crippen LogP contribution in [0.25, 0.3) is 0 Å². The molecule has 0 saturated carbocycles. The van der Waals surface area contributed by atoms with Crippen molar-refractivity contribution >= 4 is 23.2 Å². The minimum atomic E-state index is -1.59. The molecule has 0 saturated heterocycles. The zero-order valence-corrected chi connectivity index (χ0v) is 9.82. The molecule has 0 fully saturated rings. The Morgan fingerprint density at radius 3 is 2.35 bits per heavy atom. The second-order valence-electron chi connectivity index (χ2n) is 3.84. The van der Waals surface area contributed by atoms with Gasteiger partial charge in [-0.15, -0.1) is 0 Å². The summed E-state index contributed by atoms with van der Waals surface area (Å²) in [5.41, 5.74) is 5.02. The fourth-order valence-electron chi connectivity index (χ4n) is 1.50. The van der Waals surface area contributed by atoms with Gasteiger partial charge in [0.15, 0.2) is 17.5 Å². The standard InChI is InChI=1S/C12H8F3N3O2/c13-7-1-5(2-8(14)11(7)15)18-10-3-6(12(19)20)9(16)4-17-10/h1-4H,16H2,(H,17,18)(H,19,20). The minimum Gasteiger partial charge on any atom is -0.478 e. The van der Waals surface area contributed by atoms with Gasteiger partial charge in [-0.2, -0.15) is 0 Å². The molecule has 1 aromatic carbocycles.